The molecule has 0 amide bonds. The fraction of sp³-hybridized carbons (Fsp3) is 0.429. The molecule has 1 aromatic rings. The summed E-state index contributed by atoms with van der Waals surface area (Å²) in [7, 11) is 2.19. The van der Waals surface area contributed by atoms with E-state index in [1.165, 1.54) is 11.1 Å². The van der Waals surface area contributed by atoms with Gasteiger partial charge in [-0.3, -0.25) is 0 Å². The average Bonchev–Trinajstić information content (AvgIpc) is 2.40. The molecule has 1 atom stereocenters. The molecule has 0 radical (unpaired) electrons. The van der Waals surface area contributed by atoms with Gasteiger partial charge in [0.15, 0.2) is 0 Å². The van der Waals surface area contributed by atoms with Gasteiger partial charge in [-0.2, -0.15) is 0 Å². The highest BCUT2D eigenvalue weighted by Crippen LogP contribution is 2.35. The third kappa shape index (κ3) is 1.54. The van der Waals surface area contributed by atoms with E-state index in [9.17, 15) is 0 Å². The zero-order valence-corrected chi connectivity index (χ0v) is 9.74. The van der Waals surface area contributed by atoms with Crippen LogP contribution in [0.25, 0.3) is 0 Å². The van der Waals surface area contributed by atoms with Gasteiger partial charge in [0.05, 0.1) is 0 Å². The molecular formula is C14H18N2. The van der Waals surface area contributed by atoms with E-state index in [4.69, 9.17) is 5.73 Å². The van der Waals surface area contributed by atoms with E-state index in [-0.39, 0.29) is 0 Å². The van der Waals surface area contributed by atoms with Gasteiger partial charge >= 0.3 is 0 Å². The standard InChI is InChI=1S/C14H18N2/c1-16-8-11-5-3-2-4-10-6-13(15)7-12(9-16)14(10)11/h3,5-7,11H,2,4,8-9,15H2,1H3. The summed E-state index contributed by atoms with van der Waals surface area (Å²) >= 11 is 0. The molecule has 1 unspecified atom stereocenters. The van der Waals surface area contributed by atoms with Gasteiger partial charge in [0.25, 0.3) is 0 Å². The fourth-order valence-corrected chi connectivity index (χ4v) is 3.06. The first kappa shape index (κ1) is 9.91. The summed E-state index contributed by atoms with van der Waals surface area (Å²) in [5.41, 5.74) is 11.4. The molecule has 0 aromatic heterocycles. The highest BCUT2D eigenvalue weighted by molar-refractivity contribution is 5.53. The van der Waals surface area contributed by atoms with Gasteiger partial charge in [-0.15, -0.1) is 0 Å². The van der Waals surface area contributed by atoms with Crippen LogP contribution in [0.15, 0.2) is 24.3 Å². The van der Waals surface area contributed by atoms with Crippen LogP contribution in [0, 0.1) is 0 Å². The molecule has 2 aliphatic rings. The zero-order valence-electron chi connectivity index (χ0n) is 9.74. The number of nitrogens with zero attached hydrogens (tertiary/aromatic N) is 1. The Balaban J connectivity index is 2.19. The summed E-state index contributed by atoms with van der Waals surface area (Å²) in [6.07, 6.45) is 6.99. The molecule has 0 saturated heterocycles. The Kier molecular flexibility index (Phi) is 2.25. The number of nitrogen functional groups attached to an aromatic ring is 1. The van der Waals surface area contributed by atoms with Crippen molar-refractivity contribution in [1.82, 2.24) is 4.90 Å². The molecule has 0 fully saturated rings. The monoisotopic (exact) mass is 214 g/mol. The molecule has 1 aliphatic carbocycles. The van der Waals surface area contributed by atoms with Gasteiger partial charge in [0, 0.05) is 24.7 Å². The van der Waals surface area contributed by atoms with Crippen LogP contribution in [-0.4, -0.2) is 18.5 Å². The Hall–Kier alpha value is -1.28. The number of anilines is 1. The van der Waals surface area contributed by atoms with Crippen molar-refractivity contribution in [3.63, 3.8) is 0 Å². The minimum absolute atomic E-state index is 0.576. The Morgan fingerprint density at radius 2 is 2.12 bits per heavy atom. The number of allylic oxidation sites excluding steroid dienone is 1. The smallest absolute Gasteiger partial charge is 0.0320 e. The van der Waals surface area contributed by atoms with Gasteiger partial charge in [0.2, 0.25) is 0 Å². The molecule has 84 valence electrons. The van der Waals surface area contributed by atoms with E-state index in [0.717, 1.165) is 31.6 Å². The second-order valence-electron chi connectivity index (χ2n) is 5.02. The van der Waals surface area contributed by atoms with Crippen molar-refractivity contribution in [3.05, 3.63) is 41.0 Å². The largest absolute Gasteiger partial charge is 0.399 e. The van der Waals surface area contributed by atoms with Crippen molar-refractivity contribution < 1.29 is 0 Å². The summed E-state index contributed by atoms with van der Waals surface area (Å²) < 4.78 is 0. The molecule has 1 aromatic carbocycles. The van der Waals surface area contributed by atoms with Crippen LogP contribution in [0.5, 0.6) is 0 Å². The second-order valence-corrected chi connectivity index (χ2v) is 5.02. The predicted octanol–water partition coefficient (Wildman–Crippen LogP) is 2.30. The van der Waals surface area contributed by atoms with Gasteiger partial charge < -0.3 is 10.6 Å². The van der Waals surface area contributed by atoms with Crippen molar-refractivity contribution in [2.75, 3.05) is 19.3 Å². The van der Waals surface area contributed by atoms with Gasteiger partial charge in [0.1, 0.15) is 0 Å². The number of nitrogens with two attached hydrogens (primary N) is 1. The number of likely N-dealkylation sites (N-methyl/N-ethyl adjacent to an activating group) is 1. The normalized spacial score (nSPS) is 23.9. The van der Waals surface area contributed by atoms with Crippen LogP contribution in [0.4, 0.5) is 5.69 Å². The average molecular weight is 214 g/mol. The number of hydrogen-bond acceptors (Lipinski definition) is 2. The lowest BCUT2D eigenvalue weighted by atomic mass is 9.86. The van der Waals surface area contributed by atoms with Crippen LogP contribution in [0.2, 0.25) is 0 Å². The number of benzene rings is 1. The second kappa shape index (κ2) is 3.63. The Labute approximate surface area is 96.7 Å². The van der Waals surface area contributed by atoms with Crippen LogP contribution in [0.1, 0.15) is 29.0 Å². The molecule has 2 nitrogen and oxygen atoms in total. The van der Waals surface area contributed by atoms with E-state index in [0.29, 0.717) is 5.92 Å². The summed E-state index contributed by atoms with van der Waals surface area (Å²) in [5.74, 6) is 0.576. The molecule has 0 bridgehead atoms. The first-order valence-corrected chi connectivity index (χ1v) is 6.00. The Morgan fingerprint density at radius 1 is 1.31 bits per heavy atom. The molecule has 0 saturated carbocycles. The predicted molar refractivity (Wildman–Crippen MR) is 67.4 cm³/mol. The quantitative estimate of drug-likeness (QED) is 0.530. The van der Waals surface area contributed by atoms with E-state index in [1.54, 1.807) is 5.56 Å². The third-order valence-corrected chi connectivity index (χ3v) is 3.64. The van der Waals surface area contributed by atoms with Crippen molar-refractivity contribution >= 4 is 5.69 Å². The first-order valence-electron chi connectivity index (χ1n) is 6.00. The van der Waals surface area contributed by atoms with Gasteiger partial charge in [-0.25, -0.2) is 0 Å². The highest BCUT2D eigenvalue weighted by Gasteiger charge is 2.25. The van der Waals surface area contributed by atoms with E-state index >= 15 is 0 Å². The molecular weight excluding hydrogens is 196 g/mol. The summed E-state index contributed by atoms with van der Waals surface area (Å²) in [5, 5.41) is 0. The maximum absolute atomic E-state index is 5.99. The van der Waals surface area contributed by atoms with E-state index in [1.807, 2.05) is 0 Å². The lowest BCUT2D eigenvalue weighted by molar-refractivity contribution is 0.297. The molecule has 1 aliphatic heterocycles. The highest BCUT2D eigenvalue weighted by atomic mass is 15.1. The molecule has 2 heteroatoms. The van der Waals surface area contributed by atoms with E-state index in [2.05, 4.69) is 36.2 Å². The SMILES string of the molecule is CN1Cc2cc(N)cc3c2C(C=CCC3)C1. The Morgan fingerprint density at radius 3 is 3.00 bits per heavy atom. The summed E-state index contributed by atoms with van der Waals surface area (Å²) in [4.78, 5) is 2.38. The minimum atomic E-state index is 0.576. The first-order chi connectivity index (χ1) is 7.74. The van der Waals surface area contributed by atoms with Crippen molar-refractivity contribution in [2.24, 2.45) is 0 Å². The number of aryl methyl sites for hydroxylation is 1. The molecule has 3 rings (SSSR count). The van der Waals surface area contributed by atoms with Crippen molar-refractivity contribution in [1.29, 1.82) is 0 Å². The number of rotatable bonds is 0. The van der Waals surface area contributed by atoms with Crippen molar-refractivity contribution in [3.8, 4) is 0 Å². The van der Waals surface area contributed by atoms with Gasteiger partial charge in [-0.1, -0.05) is 12.2 Å². The number of hydrogen-bond donors (Lipinski definition) is 1. The minimum Gasteiger partial charge on any atom is -0.399 e. The lowest BCUT2D eigenvalue weighted by Crippen LogP contribution is -2.30. The van der Waals surface area contributed by atoms with Crippen molar-refractivity contribution in [2.45, 2.75) is 25.3 Å². The molecule has 1 heterocycles. The fourth-order valence-electron chi connectivity index (χ4n) is 3.06. The van der Waals surface area contributed by atoms with Crippen LogP contribution in [-0.2, 0) is 13.0 Å². The molecule has 2 N–H and O–H groups in total. The summed E-state index contributed by atoms with van der Waals surface area (Å²) in [6.45, 7) is 2.18. The summed E-state index contributed by atoms with van der Waals surface area (Å²) in [6, 6.07) is 4.32. The maximum atomic E-state index is 5.99. The Bertz CT molecular complexity index is 448. The third-order valence-electron chi connectivity index (χ3n) is 3.64. The van der Waals surface area contributed by atoms with Gasteiger partial charge in [-0.05, 0) is 48.7 Å². The van der Waals surface area contributed by atoms with Crippen LogP contribution >= 0.6 is 0 Å². The van der Waals surface area contributed by atoms with Crippen LogP contribution < -0.4 is 5.73 Å². The lowest BCUT2D eigenvalue weighted by Gasteiger charge is -2.32. The molecule has 0 spiro atoms. The van der Waals surface area contributed by atoms with E-state index < -0.39 is 0 Å². The molecule has 16 heavy (non-hydrogen) atoms. The zero-order chi connectivity index (χ0) is 11.1. The topological polar surface area (TPSA) is 29.3 Å². The maximum Gasteiger partial charge on any atom is 0.0320 e. The van der Waals surface area contributed by atoms with Crippen LogP contribution in [0.3, 0.4) is 0 Å².